The van der Waals surface area contributed by atoms with Gasteiger partial charge in [0, 0.05) is 38.8 Å². The molecule has 2 atom stereocenters. The summed E-state index contributed by atoms with van der Waals surface area (Å²) in [6.45, 7) is 3.85. The van der Waals surface area contributed by atoms with E-state index < -0.39 is 0 Å². The number of hydrogen-bond donors (Lipinski definition) is 1. The van der Waals surface area contributed by atoms with E-state index in [-0.39, 0.29) is 17.9 Å². The first-order valence-corrected chi connectivity index (χ1v) is 12.5. The van der Waals surface area contributed by atoms with Crippen LogP contribution in [0.5, 0.6) is 0 Å². The second-order valence-electron chi connectivity index (χ2n) is 7.54. The molecule has 2 aromatic rings. The van der Waals surface area contributed by atoms with Crippen LogP contribution in [0, 0.1) is 5.92 Å². The zero-order valence-corrected chi connectivity index (χ0v) is 20.5. The number of piperidine rings is 1. The van der Waals surface area contributed by atoms with Gasteiger partial charge < -0.3 is 0 Å². The molecule has 0 aliphatic carbocycles. The summed E-state index contributed by atoms with van der Waals surface area (Å²) in [6.07, 6.45) is 4.20. The predicted molar refractivity (Wildman–Crippen MR) is 128 cm³/mol. The maximum atomic E-state index is 13.2. The molecule has 160 valence electrons. The van der Waals surface area contributed by atoms with Crippen LogP contribution in [-0.2, 0) is 4.79 Å². The molecule has 2 aliphatic rings. The van der Waals surface area contributed by atoms with Crippen LogP contribution in [0.2, 0.25) is 10.0 Å². The molecule has 1 amide bonds. The minimum absolute atomic E-state index is 0.0490. The van der Waals surface area contributed by atoms with Crippen LogP contribution in [0.25, 0.3) is 0 Å². The first-order valence-electron chi connectivity index (χ1n) is 10.1. The lowest BCUT2D eigenvalue weighted by Gasteiger charge is -2.28. The summed E-state index contributed by atoms with van der Waals surface area (Å²) in [5.41, 5.74) is 4.37. The van der Waals surface area contributed by atoms with Crippen LogP contribution in [0.15, 0.2) is 39.2 Å². The zero-order chi connectivity index (χ0) is 21.3. The quantitative estimate of drug-likeness (QED) is 0.496. The summed E-state index contributed by atoms with van der Waals surface area (Å²) in [6, 6.07) is 7.36. The van der Waals surface area contributed by atoms with E-state index in [4.69, 9.17) is 28.3 Å². The molecule has 9 heteroatoms. The molecule has 1 fully saturated rings. The summed E-state index contributed by atoms with van der Waals surface area (Å²) in [7, 11) is 0. The molecule has 30 heavy (non-hydrogen) atoms. The Morgan fingerprint density at radius 2 is 2.03 bits per heavy atom. The average Bonchev–Trinajstić information content (AvgIpc) is 3.32. The number of amides is 1. The van der Waals surface area contributed by atoms with Crippen molar-refractivity contribution in [3.63, 3.8) is 0 Å². The summed E-state index contributed by atoms with van der Waals surface area (Å²) < 4.78 is 1.02. The van der Waals surface area contributed by atoms with E-state index in [0.29, 0.717) is 15.8 Å². The van der Waals surface area contributed by atoms with Gasteiger partial charge in [0.25, 0.3) is 5.91 Å². The number of hydrazine groups is 1. The minimum Gasteiger partial charge on any atom is -0.284 e. The molecule has 0 bridgehead atoms. The second kappa shape index (κ2) is 9.57. The molecule has 1 aromatic heterocycles. The molecule has 0 unspecified atom stereocenters. The van der Waals surface area contributed by atoms with Crippen molar-refractivity contribution in [3.8, 4) is 0 Å². The molecule has 0 spiro atoms. The highest BCUT2D eigenvalue weighted by molar-refractivity contribution is 9.10. The van der Waals surface area contributed by atoms with Gasteiger partial charge in [0.05, 0.1) is 16.8 Å². The first kappa shape index (κ1) is 22.1. The number of nitrogens with zero attached hydrogens (tertiary/aromatic N) is 3. The molecule has 1 aromatic carbocycles. The van der Waals surface area contributed by atoms with Gasteiger partial charge >= 0.3 is 0 Å². The molecule has 0 saturated carbocycles. The fraction of sp³-hybridized carbons (Fsp3) is 0.429. The lowest BCUT2D eigenvalue weighted by atomic mass is 9.91. The number of hydrogen-bond acceptors (Lipinski definition) is 5. The van der Waals surface area contributed by atoms with E-state index in [9.17, 15) is 4.79 Å². The Balaban J connectivity index is 1.70. The van der Waals surface area contributed by atoms with Gasteiger partial charge in [0.2, 0.25) is 0 Å². The van der Waals surface area contributed by atoms with Crippen LogP contribution in [0.1, 0.15) is 43.5 Å². The standard InChI is InChI=1S/C21H23BrCl2N4OS/c1-2-15-19(21(29)26-27-8-4-3-5-9-27)25-28(17-7-6-14(23)11-16(17)24)20(15)18-10-13(22)12-30-18/h6-7,10-12,15,20H,2-5,8-9H2,1H3,(H,26,29)/t15-,20-/m1/s1. The summed E-state index contributed by atoms with van der Waals surface area (Å²) in [5, 5.41) is 11.8. The SMILES string of the molecule is CC[C@@H]1C(C(=O)NN2CCCCC2)=NN(c2ccc(Cl)cc2Cl)[C@H]1c1cc(Br)cs1. The number of carbonyl (C=O) groups is 1. The topological polar surface area (TPSA) is 47.9 Å². The Morgan fingerprint density at radius 1 is 1.27 bits per heavy atom. The van der Waals surface area contributed by atoms with Crippen LogP contribution < -0.4 is 10.4 Å². The number of rotatable bonds is 5. The van der Waals surface area contributed by atoms with E-state index in [0.717, 1.165) is 47.4 Å². The zero-order valence-electron chi connectivity index (χ0n) is 16.6. The molecule has 4 rings (SSSR count). The van der Waals surface area contributed by atoms with Crippen molar-refractivity contribution in [2.45, 2.75) is 38.6 Å². The van der Waals surface area contributed by atoms with Crippen LogP contribution in [0.4, 0.5) is 5.69 Å². The summed E-state index contributed by atoms with van der Waals surface area (Å²) in [5.74, 6) is -0.177. The van der Waals surface area contributed by atoms with Gasteiger partial charge in [0.15, 0.2) is 0 Å². The predicted octanol–water partition coefficient (Wildman–Crippen LogP) is 6.28. The highest BCUT2D eigenvalue weighted by Crippen LogP contribution is 2.45. The van der Waals surface area contributed by atoms with Crippen molar-refractivity contribution in [2.75, 3.05) is 18.1 Å². The van der Waals surface area contributed by atoms with Gasteiger partial charge in [-0.25, -0.2) is 5.01 Å². The third kappa shape index (κ3) is 4.55. The van der Waals surface area contributed by atoms with Crippen molar-refractivity contribution in [2.24, 2.45) is 11.0 Å². The van der Waals surface area contributed by atoms with E-state index in [1.165, 1.54) is 6.42 Å². The first-order chi connectivity index (χ1) is 14.5. The van der Waals surface area contributed by atoms with Gasteiger partial charge in [-0.05, 0) is 59.5 Å². The molecule has 1 saturated heterocycles. The van der Waals surface area contributed by atoms with E-state index in [1.54, 1.807) is 23.5 Å². The Labute approximate surface area is 199 Å². The second-order valence-corrected chi connectivity index (χ2v) is 10.2. The Kier molecular flexibility index (Phi) is 7.05. The maximum Gasteiger partial charge on any atom is 0.282 e. The van der Waals surface area contributed by atoms with Crippen molar-refractivity contribution in [1.29, 1.82) is 0 Å². The van der Waals surface area contributed by atoms with E-state index >= 15 is 0 Å². The average molecular weight is 530 g/mol. The number of halogens is 3. The summed E-state index contributed by atoms with van der Waals surface area (Å²) >= 11 is 17.8. The number of hydrazone groups is 1. The van der Waals surface area contributed by atoms with Gasteiger partial charge in [-0.3, -0.25) is 15.2 Å². The monoisotopic (exact) mass is 528 g/mol. The molecule has 5 nitrogen and oxygen atoms in total. The fourth-order valence-electron chi connectivity index (χ4n) is 4.08. The van der Waals surface area contributed by atoms with Gasteiger partial charge in [-0.1, -0.05) is 36.5 Å². The molecule has 2 aliphatic heterocycles. The largest absolute Gasteiger partial charge is 0.284 e. The molecular formula is C21H23BrCl2N4OS. The van der Waals surface area contributed by atoms with Crippen molar-refractivity contribution in [1.82, 2.24) is 10.4 Å². The molecule has 0 radical (unpaired) electrons. The molecule has 1 N–H and O–H groups in total. The van der Waals surface area contributed by atoms with E-state index in [1.807, 2.05) is 16.1 Å². The van der Waals surface area contributed by atoms with Gasteiger partial charge in [-0.2, -0.15) is 5.10 Å². The van der Waals surface area contributed by atoms with Crippen molar-refractivity contribution >= 4 is 67.8 Å². The van der Waals surface area contributed by atoms with Crippen LogP contribution >= 0.6 is 50.5 Å². The maximum absolute atomic E-state index is 13.2. The Morgan fingerprint density at radius 3 is 2.67 bits per heavy atom. The third-order valence-electron chi connectivity index (χ3n) is 5.54. The fourth-order valence-corrected chi connectivity index (χ4v) is 6.17. The summed E-state index contributed by atoms with van der Waals surface area (Å²) in [4.78, 5) is 14.3. The smallest absolute Gasteiger partial charge is 0.282 e. The number of nitrogens with one attached hydrogen (secondary N) is 1. The molecular weight excluding hydrogens is 507 g/mol. The van der Waals surface area contributed by atoms with Gasteiger partial charge in [-0.15, -0.1) is 11.3 Å². The highest BCUT2D eigenvalue weighted by Gasteiger charge is 2.42. The van der Waals surface area contributed by atoms with Crippen LogP contribution in [0.3, 0.4) is 0 Å². The Bertz CT molecular complexity index is 960. The number of anilines is 1. The lowest BCUT2D eigenvalue weighted by Crippen LogP contribution is -2.48. The molecule has 3 heterocycles. The van der Waals surface area contributed by atoms with Crippen molar-refractivity contribution < 1.29 is 4.79 Å². The Hall–Kier alpha value is -1.12. The van der Waals surface area contributed by atoms with Crippen molar-refractivity contribution in [3.05, 3.63) is 49.0 Å². The normalized spacial score (nSPS) is 22.3. The minimum atomic E-state index is -0.128. The third-order valence-corrected chi connectivity index (χ3v) is 7.84. The number of carbonyl (C=O) groups excluding carboxylic acids is 1. The van der Waals surface area contributed by atoms with Crippen LogP contribution in [-0.4, -0.2) is 29.7 Å². The van der Waals surface area contributed by atoms with Gasteiger partial charge in [0.1, 0.15) is 5.71 Å². The van der Waals surface area contributed by atoms with E-state index in [2.05, 4.69) is 39.7 Å². The number of benzene rings is 1. The number of thiophene rings is 1. The lowest BCUT2D eigenvalue weighted by molar-refractivity contribution is -0.120. The highest BCUT2D eigenvalue weighted by atomic mass is 79.9.